The summed E-state index contributed by atoms with van der Waals surface area (Å²) in [6.45, 7) is 11.1. The highest BCUT2D eigenvalue weighted by molar-refractivity contribution is 5.87. The maximum atomic E-state index is 11.5. The molecule has 177 valence electrons. The summed E-state index contributed by atoms with van der Waals surface area (Å²) >= 11 is 0. The third-order valence-corrected chi connectivity index (χ3v) is 6.28. The van der Waals surface area contributed by atoms with Crippen molar-refractivity contribution in [2.75, 3.05) is 0 Å². The standard InChI is InChI=1S/C29H34O4.B/c1-20(2)28(30)32-18-24-7-5-22(6-8-24)17-23-9-13-26(14-10-23)27-15-11-25(12-16-27)19-33-29(31)21(3)4;/h5-8,11-12,15-16,23,26H,1,3,9-10,13-14,17-19H2,2,4H3;. The van der Waals surface area contributed by atoms with Crippen LogP contribution in [0.4, 0.5) is 0 Å². The number of carbonyl (C=O) groups excluding carboxylic acids is 2. The van der Waals surface area contributed by atoms with Gasteiger partial charge in [-0.1, -0.05) is 61.7 Å². The molecule has 0 heterocycles. The predicted molar refractivity (Wildman–Crippen MR) is 136 cm³/mol. The van der Waals surface area contributed by atoms with Gasteiger partial charge in [-0.25, -0.2) is 9.59 Å². The van der Waals surface area contributed by atoms with Crippen LogP contribution < -0.4 is 0 Å². The summed E-state index contributed by atoms with van der Waals surface area (Å²) in [4.78, 5) is 23.1. The fourth-order valence-electron chi connectivity index (χ4n) is 4.23. The lowest BCUT2D eigenvalue weighted by Crippen LogP contribution is -2.15. The molecule has 0 amide bonds. The van der Waals surface area contributed by atoms with Gasteiger partial charge < -0.3 is 9.47 Å². The molecule has 0 aliphatic heterocycles. The van der Waals surface area contributed by atoms with Crippen LogP contribution in [0.2, 0.25) is 0 Å². The molecule has 1 aliphatic carbocycles. The lowest BCUT2D eigenvalue weighted by Gasteiger charge is -2.29. The summed E-state index contributed by atoms with van der Waals surface area (Å²) in [5.74, 6) is 0.600. The third-order valence-electron chi connectivity index (χ3n) is 6.28. The molecule has 2 aromatic rings. The van der Waals surface area contributed by atoms with E-state index in [1.54, 1.807) is 13.8 Å². The van der Waals surface area contributed by atoms with Crippen LogP contribution in [-0.2, 0) is 38.7 Å². The Morgan fingerprint density at radius 1 is 0.735 bits per heavy atom. The quantitative estimate of drug-likeness (QED) is 0.261. The molecule has 5 heteroatoms. The highest BCUT2D eigenvalue weighted by Gasteiger charge is 2.22. The number of esters is 2. The second-order valence-corrected chi connectivity index (χ2v) is 9.19. The average Bonchev–Trinajstić information content (AvgIpc) is 2.82. The van der Waals surface area contributed by atoms with Crippen LogP contribution in [0.25, 0.3) is 0 Å². The van der Waals surface area contributed by atoms with Crippen molar-refractivity contribution in [1.82, 2.24) is 0 Å². The molecule has 0 spiro atoms. The number of rotatable bonds is 9. The topological polar surface area (TPSA) is 52.6 Å². The Morgan fingerprint density at radius 2 is 1.15 bits per heavy atom. The second kappa shape index (κ2) is 13.0. The number of hydrogen-bond donors (Lipinski definition) is 0. The molecule has 1 fully saturated rings. The van der Waals surface area contributed by atoms with Crippen molar-refractivity contribution in [3.8, 4) is 0 Å². The van der Waals surface area contributed by atoms with Crippen molar-refractivity contribution >= 4 is 20.4 Å². The Bertz CT molecular complexity index is 984. The number of carbonyl (C=O) groups is 2. The smallest absolute Gasteiger partial charge is 0.333 e. The fourth-order valence-corrected chi connectivity index (χ4v) is 4.23. The van der Waals surface area contributed by atoms with Crippen molar-refractivity contribution < 1.29 is 19.1 Å². The molecular weight excluding hydrogens is 423 g/mol. The van der Waals surface area contributed by atoms with E-state index in [-0.39, 0.29) is 33.6 Å². The van der Waals surface area contributed by atoms with E-state index in [1.807, 2.05) is 12.1 Å². The van der Waals surface area contributed by atoms with Gasteiger partial charge in [-0.05, 0) is 80.0 Å². The zero-order valence-corrected chi connectivity index (χ0v) is 20.3. The van der Waals surface area contributed by atoms with Crippen LogP contribution in [0.15, 0.2) is 72.8 Å². The van der Waals surface area contributed by atoms with Crippen LogP contribution in [-0.4, -0.2) is 20.4 Å². The molecular formula is C29H34BO4. The second-order valence-electron chi connectivity index (χ2n) is 9.19. The zero-order chi connectivity index (χ0) is 23.8. The van der Waals surface area contributed by atoms with Crippen LogP contribution >= 0.6 is 0 Å². The minimum absolute atomic E-state index is 0. The summed E-state index contributed by atoms with van der Waals surface area (Å²) in [6, 6.07) is 16.8. The van der Waals surface area contributed by atoms with Gasteiger partial charge in [-0.3, -0.25) is 0 Å². The van der Waals surface area contributed by atoms with Gasteiger partial charge >= 0.3 is 11.9 Å². The number of benzene rings is 2. The first kappa shape index (κ1) is 27.2. The van der Waals surface area contributed by atoms with Gasteiger partial charge in [0.2, 0.25) is 0 Å². The minimum Gasteiger partial charge on any atom is -0.457 e. The van der Waals surface area contributed by atoms with Gasteiger partial charge in [0, 0.05) is 19.6 Å². The lowest BCUT2D eigenvalue weighted by atomic mass is 9.76. The largest absolute Gasteiger partial charge is 0.457 e. The van der Waals surface area contributed by atoms with E-state index in [4.69, 9.17) is 9.47 Å². The average molecular weight is 457 g/mol. The maximum absolute atomic E-state index is 11.5. The SMILES string of the molecule is C=C(C)C(=O)OCc1ccc(CC2CCC(c3ccc(COC(=O)C(=C)C)cc3)CC2)cc1.[B]. The summed E-state index contributed by atoms with van der Waals surface area (Å²) in [7, 11) is 0. The monoisotopic (exact) mass is 457 g/mol. The van der Waals surface area contributed by atoms with Gasteiger partial charge in [-0.15, -0.1) is 0 Å². The molecule has 0 bridgehead atoms. The van der Waals surface area contributed by atoms with Crippen molar-refractivity contribution in [2.24, 2.45) is 5.92 Å². The molecule has 0 aromatic heterocycles. The van der Waals surface area contributed by atoms with E-state index in [9.17, 15) is 9.59 Å². The van der Waals surface area contributed by atoms with E-state index in [2.05, 4.69) is 49.6 Å². The first-order valence-electron chi connectivity index (χ1n) is 11.6. The Labute approximate surface area is 205 Å². The number of hydrogen-bond acceptors (Lipinski definition) is 4. The molecule has 1 aliphatic rings. The molecule has 3 rings (SSSR count). The van der Waals surface area contributed by atoms with Crippen molar-refractivity contribution in [3.63, 3.8) is 0 Å². The highest BCUT2D eigenvalue weighted by Crippen LogP contribution is 2.37. The normalized spacial score (nSPS) is 17.2. The molecule has 1 saturated carbocycles. The first-order valence-corrected chi connectivity index (χ1v) is 11.6. The van der Waals surface area contributed by atoms with E-state index in [0.29, 0.717) is 23.0 Å². The van der Waals surface area contributed by atoms with E-state index < -0.39 is 0 Å². The van der Waals surface area contributed by atoms with E-state index >= 15 is 0 Å². The van der Waals surface area contributed by atoms with Crippen molar-refractivity contribution in [3.05, 3.63) is 95.1 Å². The maximum Gasteiger partial charge on any atom is 0.333 e. The minimum atomic E-state index is -0.350. The van der Waals surface area contributed by atoms with Crippen LogP contribution in [0.3, 0.4) is 0 Å². The Morgan fingerprint density at radius 3 is 1.59 bits per heavy atom. The summed E-state index contributed by atoms with van der Waals surface area (Å²) in [6.07, 6.45) is 5.93. The predicted octanol–water partition coefficient (Wildman–Crippen LogP) is 6.06. The lowest BCUT2D eigenvalue weighted by molar-refractivity contribution is -0.141. The van der Waals surface area contributed by atoms with Gasteiger partial charge in [0.15, 0.2) is 0 Å². The summed E-state index contributed by atoms with van der Waals surface area (Å²) in [5.41, 5.74) is 5.54. The Balaban J connectivity index is 0.00000408. The van der Waals surface area contributed by atoms with Gasteiger partial charge in [0.1, 0.15) is 13.2 Å². The van der Waals surface area contributed by atoms with Crippen molar-refractivity contribution in [1.29, 1.82) is 0 Å². The summed E-state index contributed by atoms with van der Waals surface area (Å²) < 4.78 is 10.4. The molecule has 2 aromatic carbocycles. The van der Waals surface area contributed by atoms with Crippen LogP contribution in [0.5, 0.6) is 0 Å². The first-order chi connectivity index (χ1) is 15.8. The van der Waals surface area contributed by atoms with Gasteiger partial charge in [-0.2, -0.15) is 0 Å². The van der Waals surface area contributed by atoms with Gasteiger partial charge in [0.25, 0.3) is 0 Å². The molecule has 0 atom stereocenters. The molecule has 0 N–H and O–H groups in total. The molecule has 4 nitrogen and oxygen atoms in total. The molecule has 34 heavy (non-hydrogen) atoms. The van der Waals surface area contributed by atoms with Crippen LogP contribution in [0, 0.1) is 5.92 Å². The van der Waals surface area contributed by atoms with E-state index in [0.717, 1.165) is 17.5 Å². The third kappa shape index (κ3) is 8.05. The highest BCUT2D eigenvalue weighted by atomic mass is 16.5. The fraction of sp³-hybridized carbons (Fsp3) is 0.379. The van der Waals surface area contributed by atoms with Gasteiger partial charge in [0.05, 0.1) is 0 Å². The molecule has 0 saturated heterocycles. The van der Waals surface area contributed by atoms with Crippen molar-refractivity contribution in [2.45, 2.75) is 65.1 Å². The Hall–Kier alpha value is -3.08. The summed E-state index contributed by atoms with van der Waals surface area (Å²) in [5, 5.41) is 0. The molecule has 0 unspecified atom stereocenters. The van der Waals surface area contributed by atoms with Crippen LogP contribution in [0.1, 0.15) is 67.7 Å². The number of ether oxygens (including phenoxy) is 2. The molecule has 3 radical (unpaired) electrons. The zero-order valence-electron chi connectivity index (χ0n) is 20.3. The van der Waals surface area contributed by atoms with E-state index in [1.165, 1.54) is 36.8 Å². The Kier molecular flexibility index (Phi) is 10.4.